The molecule has 1 aliphatic rings. The molecule has 0 aliphatic carbocycles. The summed E-state index contributed by atoms with van der Waals surface area (Å²) in [5.41, 5.74) is 5.13. The van der Waals surface area contributed by atoms with Gasteiger partial charge in [0.05, 0.1) is 19.3 Å². The van der Waals surface area contributed by atoms with Crippen LogP contribution in [0.3, 0.4) is 0 Å². The van der Waals surface area contributed by atoms with Crippen LogP contribution in [0.1, 0.15) is 55.2 Å². The van der Waals surface area contributed by atoms with Gasteiger partial charge in [0.15, 0.2) is 11.5 Å². The molecule has 5 rings (SSSR count). The van der Waals surface area contributed by atoms with Crippen LogP contribution >= 0.6 is 0 Å². The predicted molar refractivity (Wildman–Crippen MR) is 152 cm³/mol. The summed E-state index contributed by atoms with van der Waals surface area (Å²) in [7, 11) is 1.31. The number of oxazole rings is 1. The number of hydrogen-bond donors (Lipinski definition) is 2. The third-order valence-electron chi connectivity index (χ3n) is 6.92. The Labute approximate surface area is 249 Å². The minimum Gasteiger partial charge on any atom is -0.494 e. The Bertz CT molecular complexity index is 1680. The van der Waals surface area contributed by atoms with E-state index in [1.165, 1.54) is 24.1 Å². The van der Waals surface area contributed by atoms with Crippen LogP contribution < -0.4 is 15.8 Å². The number of nitrogens with zero attached hydrogens (tertiary/aromatic N) is 5. The van der Waals surface area contributed by atoms with Crippen LogP contribution in [0.15, 0.2) is 47.1 Å². The molecule has 0 unspecified atom stereocenters. The molecule has 1 saturated heterocycles. The first-order valence-corrected chi connectivity index (χ1v) is 13.7. The van der Waals surface area contributed by atoms with E-state index in [1.54, 1.807) is 45.3 Å². The number of likely N-dealkylation sites (tertiary alicyclic amines) is 1. The fourth-order valence-corrected chi connectivity index (χ4v) is 5.00. The van der Waals surface area contributed by atoms with Crippen molar-refractivity contribution in [2.75, 3.05) is 19.0 Å². The molecule has 1 amide bonds. The minimum atomic E-state index is -4.68. The fraction of sp³-hybridized carbons (Fsp3) is 0.379. The maximum absolute atomic E-state index is 14.1. The molecule has 0 bridgehead atoms. The van der Waals surface area contributed by atoms with Gasteiger partial charge >= 0.3 is 12.1 Å². The lowest BCUT2D eigenvalue weighted by molar-refractivity contribution is -0.152. The van der Waals surface area contributed by atoms with E-state index in [9.17, 15) is 22.8 Å². The highest BCUT2D eigenvalue weighted by molar-refractivity contribution is 5.99. The molecule has 232 valence electrons. The van der Waals surface area contributed by atoms with Crippen molar-refractivity contribution in [3.63, 3.8) is 0 Å². The van der Waals surface area contributed by atoms with E-state index in [2.05, 4.69) is 25.3 Å². The highest BCUT2D eigenvalue weighted by atomic mass is 19.4. The van der Waals surface area contributed by atoms with E-state index in [0.717, 1.165) is 6.07 Å². The summed E-state index contributed by atoms with van der Waals surface area (Å²) in [6.07, 6.45) is -1.76. The minimum absolute atomic E-state index is 0.0348. The molecule has 3 aromatic heterocycles. The molecular weight excluding hydrogens is 583 g/mol. The monoisotopic (exact) mass is 613 g/mol. The average molecular weight is 614 g/mol. The van der Waals surface area contributed by atoms with E-state index in [1.807, 2.05) is 0 Å². The number of esters is 1. The second-order valence-electron chi connectivity index (χ2n) is 10.5. The summed E-state index contributed by atoms with van der Waals surface area (Å²) in [6, 6.07) is 4.56. The second-order valence-corrected chi connectivity index (χ2v) is 10.5. The number of halogens is 3. The molecular formula is C29H30F3N7O5. The number of rotatable bonds is 8. The Morgan fingerprint density at radius 3 is 2.48 bits per heavy atom. The number of hydrogen-bond acceptors (Lipinski definition) is 11. The number of anilines is 1. The van der Waals surface area contributed by atoms with E-state index < -0.39 is 48.0 Å². The summed E-state index contributed by atoms with van der Waals surface area (Å²) in [6.45, 7) is 5.09. The molecule has 0 saturated carbocycles. The van der Waals surface area contributed by atoms with E-state index in [4.69, 9.17) is 19.6 Å². The van der Waals surface area contributed by atoms with Crippen molar-refractivity contribution in [2.24, 2.45) is 5.73 Å². The van der Waals surface area contributed by atoms with Crippen molar-refractivity contribution < 1.29 is 36.7 Å². The second kappa shape index (κ2) is 12.1. The number of alkyl halides is 3. The zero-order valence-electron chi connectivity index (χ0n) is 24.3. The van der Waals surface area contributed by atoms with Gasteiger partial charge in [0, 0.05) is 42.4 Å². The molecule has 1 fully saturated rings. The lowest BCUT2D eigenvalue weighted by Gasteiger charge is -2.23. The van der Waals surface area contributed by atoms with Gasteiger partial charge in [-0.25, -0.2) is 24.7 Å². The molecule has 44 heavy (non-hydrogen) atoms. The van der Waals surface area contributed by atoms with Crippen LogP contribution in [0.5, 0.6) is 5.75 Å². The normalized spacial score (nSPS) is 17.6. The quantitative estimate of drug-likeness (QED) is 0.272. The number of pyridine rings is 1. The van der Waals surface area contributed by atoms with Crippen molar-refractivity contribution >= 4 is 28.7 Å². The average Bonchev–Trinajstić information content (AvgIpc) is 3.61. The van der Waals surface area contributed by atoms with Gasteiger partial charge in [-0.15, -0.1) is 0 Å². The van der Waals surface area contributed by atoms with E-state index >= 15 is 0 Å². The van der Waals surface area contributed by atoms with Gasteiger partial charge in [0.25, 0.3) is 5.91 Å². The van der Waals surface area contributed by atoms with Crippen molar-refractivity contribution in [3.05, 3.63) is 59.9 Å². The van der Waals surface area contributed by atoms with Crippen LogP contribution in [0.2, 0.25) is 0 Å². The highest BCUT2D eigenvalue weighted by Crippen LogP contribution is 2.38. The third-order valence-corrected chi connectivity index (χ3v) is 6.92. The van der Waals surface area contributed by atoms with Crippen molar-refractivity contribution in [3.8, 4) is 17.2 Å². The number of amides is 1. The molecule has 1 aromatic carbocycles. The first-order valence-electron chi connectivity index (χ1n) is 13.7. The van der Waals surface area contributed by atoms with Gasteiger partial charge < -0.3 is 29.8 Å². The van der Waals surface area contributed by atoms with E-state index in [-0.39, 0.29) is 52.5 Å². The number of carbonyl (C=O) groups is 2. The number of carbonyl (C=O) groups excluding carboxylic acids is 2. The van der Waals surface area contributed by atoms with Gasteiger partial charge in [0.2, 0.25) is 11.8 Å². The molecule has 3 N–H and O–H groups in total. The topological polar surface area (TPSA) is 159 Å². The SMILES string of the molecule is COc1ccc(-c2nc(C(=O)N3C[C@@H](Nc4ncccn4)C[C@H]3C(=O)OC(C)C)c([C@H](C)N)o2)c2ccc(C(F)(F)F)nc12. The molecule has 3 atom stereocenters. The van der Waals surface area contributed by atoms with Crippen LogP contribution in [0.25, 0.3) is 22.4 Å². The molecule has 15 heteroatoms. The molecule has 4 aromatic rings. The van der Waals surface area contributed by atoms with Crippen molar-refractivity contribution in [1.29, 1.82) is 0 Å². The van der Waals surface area contributed by atoms with Crippen LogP contribution in [-0.4, -0.2) is 68.6 Å². The van der Waals surface area contributed by atoms with Crippen molar-refractivity contribution in [2.45, 2.75) is 57.6 Å². The Morgan fingerprint density at radius 2 is 1.84 bits per heavy atom. The molecule has 1 aliphatic heterocycles. The highest BCUT2D eigenvalue weighted by Gasteiger charge is 2.43. The largest absolute Gasteiger partial charge is 0.494 e. The smallest absolute Gasteiger partial charge is 0.433 e. The van der Waals surface area contributed by atoms with Crippen LogP contribution in [-0.2, 0) is 15.7 Å². The Hall–Kier alpha value is -4.79. The number of aromatic nitrogens is 4. The number of benzene rings is 1. The summed E-state index contributed by atoms with van der Waals surface area (Å²) in [4.78, 5) is 45.0. The first-order chi connectivity index (χ1) is 20.9. The van der Waals surface area contributed by atoms with Gasteiger partial charge in [-0.2, -0.15) is 13.2 Å². The predicted octanol–water partition coefficient (Wildman–Crippen LogP) is 4.37. The van der Waals surface area contributed by atoms with Gasteiger partial charge in [-0.3, -0.25) is 4.79 Å². The molecule has 4 heterocycles. The van der Waals surface area contributed by atoms with E-state index in [0.29, 0.717) is 5.95 Å². The maximum Gasteiger partial charge on any atom is 0.433 e. The number of fused-ring (bicyclic) bond motifs is 1. The standard InChI is InChI=1S/C29H30F3N7O5/c1-14(2)43-27(41)19-12-16(36-28-34-10-5-11-35-28)13-39(19)26(40)23-24(15(3)33)44-25(38-23)18-6-8-20(42-4)22-17(18)7-9-21(37-22)29(30,31)32/h5-11,14-16,19H,12-13,33H2,1-4H3,(H,34,35,36)/t15-,16-,19-/m0/s1. The van der Waals surface area contributed by atoms with Gasteiger partial charge in [0.1, 0.15) is 23.0 Å². The van der Waals surface area contributed by atoms with Gasteiger partial charge in [-0.05, 0) is 51.1 Å². The lowest BCUT2D eigenvalue weighted by atomic mass is 10.1. The Morgan fingerprint density at radius 1 is 1.11 bits per heavy atom. The fourth-order valence-electron chi connectivity index (χ4n) is 5.00. The molecule has 0 radical (unpaired) electrons. The first kappa shape index (κ1) is 30.7. The van der Waals surface area contributed by atoms with Crippen LogP contribution in [0, 0.1) is 0 Å². The Kier molecular flexibility index (Phi) is 8.41. The summed E-state index contributed by atoms with van der Waals surface area (Å²) in [5, 5.41) is 3.39. The zero-order chi connectivity index (χ0) is 31.8. The molecule has 12 nitrogen and oxygen atoms in total. The van der Waals surface area contributed by atoms with Crippen molar-refractivity contribution in [1.82, 2.24) is 24.8 Å². The zero-order valence-corrected chi connectivity index (χ0v) is 24.3. The number of nitrogens with two attached hydrogens (primary N) is 1. The summed E-state index contributed by atoms with van der Waals surface area (Å²) in [5.74, 6) is -0.821. The van der Waals surface area contributed by atoms with Crippen LogP contribution in [0.4, 0.5) is 19.1 Å². The molecule has 0 spiro atoms. The summed E-state index contributed by atoms with van der Waals surface area (Å²) < 4.78 is 57.0. The number of nitrogens with one attached hydrogen (secondary N) is 1. The lowest BCUT2D eigenvalue weighted by Crippen LogP contribution is -2.42. The van der Waals surface area contributed by atoms with Gasteiger partial charge in [-0.1, -0.05) is 0 Å². The summed E-state index contributed by atoms with van der Waals surface area (Å²) >= 11 is 0. The maximum atomic E-state index is 14.1. The Balaban J connectivity index is 1.54. The number of ether oxygens (including phenoxy) is 2. The third kappa shape index (κ3) is 6.13. The number of methoxy groups -OCH3 is 1.